The van der Waals surface area contributed by atoms with Crippen molar-refractivity contribution < 1.29 is 75.0 Å². The lowest BCUT2D eigenvalue weighted by atomic mass is 10.0. The van der Waals surface area contributed by atoms with Crippen molar-refractivity contribution in [3.63, 3.8) is 0 Å². The van der Waals surface area contributed by atoms with Crippen LogP contribution in [0.4, 0.5) is 31.5 Å². The van der Waals surface area contributed by atoms with Gasteiger partial charge in [-0.25, -0.2) is 19.1 Å². The molecule has 16 nitrogen and oxygen atoms in total. The number of nitrogens with two attached hydrogens (primary N) is 2. The van der Waals surface area contributed by atoms with Crippen LogP contribution in [-0.4, -0.2) is 85.1 Å². The Morgan fingerprint density at radius 3 is 2.05 bits per heavy atom. The number of nitrogens with one attached hydrogen (secondary N) is 1. The zero-order valence-corrected chi connectivity index (χ0v) is 29.7. The molecule has 0 bridgehead atoms. The number of oxime groups is 1. The molecule has 7 N–H and O–H groups in total. The number of rotatable bonds is 10. The molecular formula is C30H26ClF6N7O9S2. The summed E-state index contributed by atoms with van der Waals surface area (Å²) < 4.78 is 65.4. The number of pyridine rings is 1. The molecule has 2 aliphatic rings. The molecule has 55 heavy (non-hydrogen) atoms. The van der Waals surface area contributed by atoms with Crippen molar-refractivity contribution >= 4 is 75.3 Å². The van der Waals surface area contributed by atoms with Crippen molar-refractivity contribution in [2.24, 2.45) is 10.9 Å². The van der Waals surface area contributed by atoms with E-state index in [-0.39, 0.29) is 39.7 Å². The smallest absolute Gasteiger partial charge is 0.490 e. The number of nitrogens with zero attached hydrogens (tertiary/aromatic N) is 4. The lowest BCUT2D eigenvalue weighted by Gasteiger charge is -2.50. The standard InChI is InChI=1S/C26H24ClN7O5S2.2C2HF3O2/c27-21-17(31-26(29)41-21)18(32-39-12-15-6-4-14(10-28)5-7-15)22(35)30-19-23(36)34-20(25(37)38)16(13-40-24(19)34)11-33-8-2-1-3-9-33;2*3-2(4,5)1(6)7/h1-9,19,24H,10-13,28H2,(H3-,29,30,31,35,37,38);2*(H,6,7)/b32-18-;;/t19-,24-;;/m1../s1. The van der Waals surface area contributed by atoms with E-state index in [1.807, 2.05) is 42.5 Å². The van der Waals surface area contributed by atoms with E-state index in [1.54, 1.807) is 17.0 Å². The quantitative estimate of drug-likeness (QED) is 0.0638. The topological polar surface area (TPSA) is 255 Å². The Morgan fingerprint density at radius 1 is 1.04 bits per heavy atom. The summed E-state index contributed by atoms with van der Waals surface area (Å²) in [6, 6.07) is 11.8. The van der Waals surface area contributed by atoms with E-state index in [0.717, 1.165) is 27.4 Å². The summed E-state index contributed by atoms with van der Waals surface area (Å²) in [4.78, 5) is 67.1. The number of anilines is 1. The van der Waals surface area contributed by atoms with Crippen LogP contribution < -0.4 is 26.5 Å². The number of nitrogen functional groups attached to an aromatic ring is 1. The molecule has 2 aromatic heterocycles. The molecule has 296 valence electrons. The van der Waals surface area contributed by atoms with E-state index in [0.29, 0.717) is 17.9 Å². The van der Waals surface area contributed by atoms with E-state index in [4.69, 9.17) is 47.7 Å². The van der Waals surface area contributed by atoms with Crippen LogP contribution in [-0.2, 0) is 48.5 Å². The Kier molecular flexibility index (Phi) is 15.0. The molecule has 0 radical (unpaired) electrons. The van der Waals surface area contributed by atoms with Gasteiger partial charge in [0.2, 0.25) is 0 Å². The summed E-state index contributed by atoms with van der Waals surface area (Å²) in [5.41, 5.74) is 13.2. The number of carboxylic acid groups (broad SMARTS) is 3. The van der Waals surface area contributed by atoms with Crippen LogP contribution in [0.25, 0.3) is 0 Å². The normalized spacial score (nSPS) is 16.7. The lowest BCUT2D eigenvalue weighted by Crippen LogP contribution is -2.71. The van der Waals surface area contributed by atoms with Gasteiger partial charge in [-0.05, 0) is 11.1 Å². The van der Waals surface area contributed by atoms with Gasteiger partial charge in [0.05, 0.1) is 11.7 Å². The Labute approximate surface area is 318 Å². The zero-order chi connectivity index (χ0) is 41.2. The molecule has 1 saturated heterocycles. The van der Waals surface area contributed by atoms with E-state index in [9.17, 15) is 45.8 Å². The van der Waals surface area contributed by atoms with Crippen molar-refractivity contribution in [1.29, 1.82) is 0 Å². The zero-order valence-electron chi connectivity index (χ0n) is 27.3. The number of aromatic nitrogens is 2. The number of carbonyl (C=O) groups excluding carboxylic acids is 3. The number of hydrogen-bond acceptors (Lipinski definition) is 13. The Balaban J connectivity index is 0.000000494. The highest BCUT2D eigenvalue weighted by molar-refractivity contribution is 8.00. The van der Waals surface area contributed by atoms with Gasteiger partial charge < -0.3 is 41.7 Å². The Hall–Kier alpha value is -5.46. The van der Waals surface area contributed by atoms with Gasteiger partial charge in [-0.2, -0.15) is 26.3 Å². The Bertz CT molecular complexity index is 1940. The maximum atomic E-state index is 13.4. The average molecular weight is 842 g/mol. The van der Waals surface area contributed by atoms with Crippen LogP contribution in [0.3, 0.4) is 0 Å². The van der Waals surface area contributed by atoms with Gasteiger partial charge >= 0.3 is 24.3 Å². The average Bonchev–Trinajstić information content (AvgIpc) is 3.45. The van der Waals surface area contributed by atoms with Gasteiger partial charge in [0.1, 0.15) is 28.1 Å². The van der Waals surface area contributed by atoms with Crippen LogP contribution >= 0.6 is 34.7 Å². The van der Waals surface area contributed by atoms with E-state index in [2.05, 4.69) is 15.5 Å². The number of benzene rings is 1. The van der Waals surface area contributed by atoms with Crippen molar-refractivity contribution in [2.45, 2.75) is 43.5 Å². The highest BCUT2D eigenvalue weighted by atomic mass is 35.5. The van der Waals surface area contributed by atoms with Crippen LogP contribution in [0.2, 0.25) is 4.34 Å². The predicted octanol–water partition coefficient (Wildman–Crippen LogP) is 1.42. The lowest BCUT2D eigenvalue weighted by molar-refractivity contribution is -0.689. The number of thiazole rings is 1. The molecule has 2 amide bonds. The largest absolute Gasteiger partial charge is 0.543 e. The van der Waals surface area contributed by atoms with Crippen LogP contribution in [0.15, 0.2) is 71.3 Å². The van der Waals surface area contributed by atoms with E-state index < -0.39 is 53.5 Å². The molecular weight excluding hydrogens is 816 g/mol. The Morgan fingerprint density at radius 2 is 1.58 bits per heavy atom. The molecule has 25 heteroatoms. The fraction of sp³-hybridized carbons (Fsp3) is 0.267. The first-order chi connectivity index (χ1) is 25.6. The van der Waals surface area contributed by atoms with Crippen LogP contribution in [0.5, 0.6) is 0 Å². The first-order valence-electron chi connectivity index (χ1n) is 14.8. The number of carbonyl (C=O) groups is 5. The molecule has 1 aromatic carbocycles. The molecule has 0 spiro atoms. The first kappa shape index (κ1) is 43.9. The number of fused-ring (bicyclic) bond motifs is 1. The third kappa shape index (κ3) is 12.0. The monoisotopic (exact) mass is 841 g/mol. The molecule has 0 unspecified atom stereocenters. The third-order valence-electron chi connectivity index (χ3n) is 6.85. The van der Waals surface area contributed by atoms with Gasteiger partial charge in [-0.3, -0.25) is 14.5 Å². The van der Waals surface area contributed by atoms with Crippen molar-refractivity contribution in [2.75, 3.05) is 11.5 Å². The van der Waals surface area contributed by atoms with Crippen LogP contribution in [0.1, 0.15) is 16.8 Å². The maximum Gasteiger partial charge on any atom is 0.490 e. The third-order valence-corrected chi connectivity index (χ3v) is 9.27. The summed E-state index contributed by atoms with van der Waals surface area (Å²) in [7, 11) is 0. The second-order valence-corrected chi connectivity index (χ2v) is 13.4. The summed E-state index contributed by atoms with van der Waals surface area (Å²) >= 11 is 8.55. The summed E-state index contributed by atoms with van der Waals surface area (Å²) in [5.74, 6) is -8.01. The molecule has 1 fully saturated rings. The highest BCUT2D eigenvalue weighted by Gasteiger charge is 2.53. The first-order valence-corrected chi connectivity index (χ1v) is 17.0. The molecule has 4 heterocycles. The summed E-state index contributed by atoms with van der Waals surface area (Å²) in [6.45, 7) is 0.713. The number of alkyl halides is 6. The minimum Gasteiger partial charge on any atom is -0.543 e. The predicted molar refractivity (Wildman–Crippen MR) is 178 cm³/mol. The number of hydrogen-bond donors (Lipinski definition) is 5. The number of thioether (sulfide) groups is 1. The fourth-order valence-corrected chi connectivity index (χ4v) is 6.62. The number of carboxylic acids is 3. The highest BCUT2D eigenvalue weighted by Crippen LogP contribution is 2.40. The minimum absolute atomic E-state index is 0.00238. The molecule has 2 atom stereocenters. The van der Waals surface area contributed by atoms with Crippen molar-refractivity contribution in [3.05, 3.63) is 87.3 Å². The van der Waals surface area contributed by atoms with Crippen molar-refractivity contribution in [3.8, 4) is 0 Å². The van der Waals surface area contributed by atoms with E-state index >= 15 is 0 Å². The molecule has 5 rings (SSSR count). The second kappa shape index (κ2) is 18.7. The van der Waals surface area contributed by atoms with Crippen LogP contribution in [0, 0.1) is 0 Å². The fourth-order valence-electron chi connectivity index (χ4n) is 4.36. The van der Waals surface area contributed by atoms with Gasteiger partial charge in [-0.15, -0.1) is 11.8 Å². The van der Waals surface area contributed by atoms with Crippen molar-refractivity contribution in [1.82, 2.24) is 15.2 Å². The molecule has 3 aromatic rings. The summed E-state index contributed by atoms with van der Waals surface area (Å²) in [5, 5.41) is 32.4. The van der Waals surface area contributed by atoms with E-state index in [1.165, 1.54) is 11.8 Å². The number of amides is 2. The van der Waals surface area contributed by atoms with Gasteiger partial charge in [-0.1, -0.05) is 58.4 Å². The molecule has 0 saturated carbocycles. The number of β-lactam (4-membered cyclic amide) rings is 1. The second-order valence-electron chi connectivity index (χ2n) is 10.7. The maximum absolute atomic E-state index is 13.4. The summed E-state index contributed by atoms with van der Waals surface area (Å²) in [6.07, 6.45) is -6.57. The van der Waals surface area contributed by atoms with Gasteiger partial charge in [0, 0.05) is 30.0 Å². The molecule has 0 aliphatic carbocycles. The number of halogens is 7. The SMILES string of the molecule is NCc1ccc(CO/N=C(\C(=O)N[C@@H]2C(=O)N3C(C(=O)[O-])=C(C[n+]4ccccc4)CS[C@H]23)c2nc(N)sc2Cl)cc1.O=C(O)C(F)(F)F.O=C(O)C(F)(F)F. The minimum atomic E-state index is -5.08. The molecule has 2 aliphatic heterocycles. The van der Waals surface area contributed by atoms with Gasteiger partial charge in [0.25, 0.3) is 11.8 Å². The number of aliphatic carboxylic acids is 3. The van der Waals surface area contributed by atoms with Gasteiger partial charge in [0.15, 0.2) is 29.8 Å².